The van der Waals surface area contributed by atoms with Gasteiger partial charge in [0.1, 0.15) is 10.4 Å². The van der Waals surface area contributed by atoms with Crippen LogP contribution in [0.15, 0.2) is 41.0 Å². The van der Waals surface area contributed by atoms with Crippen molar-refractivity contribution in [2.75, 3.05) is 0 Å². The van der Waals surface area contributed by atoms with Gasteiger partial charge in [0.05, 0.1) is 32.5 Å². The largest absolute Gasteiger partial charge is 0.244 e. The van der Waals surface area contributed by atoms with Crippen LogP contribution in [0.1, 0.15) is 38.1 Å². The van der Waals surface area contributed by atoms with E-state index in [9.17, 15) is 8.60 Å². The number of nitrogens with one attached hydrogen (secondary N) is 1. The minimum atomic E-state index is -1.33. The first kappa shape index (κ1) is 18.5. The van der Waals surface area contributed by atoms with E-state index in [1.807, 2.05) is 32.9 Å². The third-order valence-corrected chi connectivity index (χ3v) is 5.38. The molecule has 7 heteroatoms. The number of nitrogens with zero attached hydrogens (tertiary/aromatic N) is 1. The van der Waals surface area contributed by atoms with Crippen molar-refractivity contribution in [3.05, 3.63) is 63.1 Å². The molecule has 0 bridgehead atoms. The normalized spacial score (nSPS) is 14.5. The van der Waals surface area contributed by atoms with Gasteiger partial charge in [-0.2, -0.15) is 0 Å². The highest BCUT2D eigenvalue weighted by molar-refractivity contribution is 9.10. The second-order valence-electron chi connectivity index (χ2n) is 5.99. The van der Waals surface area contributed by atoms with Crippen molar-refractivity contribution in [3.8, 4) is 0 Å². The van der Waals surface area contributed by atoms with Crippen molar-refractivity contribution in [1.82, 2.24) is 9.71 Å². The first-order valence-corrected chi connectivity index (χ1v) is 9.26. The van der Waals surface area contributed by atoms with E-state index < -0.39 is 27.6 Å². The lowest BCUT2D eigenvalue weighted by molar-refractivity contribution is 0.615. The van der Waals surface area contributed by atoms with Gasteiger partial charge in [0, 0.05) is 0 Å². The van der Waals surface area contributed by atoms with Gasteiger partial charge in [0.15, 0.2) is 0 Å². The molecule has 3 nitrogen and oxygen atoms in total. The molecule has 0 saturated heterocycles. The summed E-state index contributed by atoms with van der Waals surface area (Å²) in [6, 6.07) is 9.43. The van der Waals surface area contributed by atoms with Crippen LogP contribution in [0.4, 0.5) is 4.39 Å². The number of hydrogen-bond donors (Lipinski definition) is 1. The summed E-state index contributed by atoms with van der Waals surface area (Å²) in [6.07, 6.45) is 0. The summed E-state index contributed by atoms with van der Waals surface area (Å²) in [5, 5.41) is 0.0193. The van der Waals surface area contributed by atoms with Gasteiger partial charge in [-0.05, 0) is 66.5 Å². The minimum Gasteiger partial charge on any atom is -0.244 e. The first-order valence-electron chi connectivity index (χ1n) is 6.94. The number of hydrogen-bond acceptors (Lipinski definition) is 2. The number of pyridine rings is 1. The lowest BCUT2D eigenvalue weighted by Gasteiger charge is -2.24. The van der Waals surface area contributed by atoms with Crippen LogP contribution in [0, 0.1) is 5.82 Å². The smallest absolute Gasteiger partial charge is 0.141 e. The van der Waals surface area contributed by atoms with E-state index in [4.69, 9.17) is 11.6 Å². The lowest BCUT2D eigenvalue weighted by Crippen LogP contribution is -2.36. The molecule has 2 atom stereocenters. The molecule has 0 radical (unpaired) electrons. The molecule has 124 valence electrons. The van der Waals surface area contributed by atoms with Crippen molar-refractivity contribution in [2.24, 2.45) is 0 Å². The topological polar surface area (TPSA) is 42.0 Å². The van der Waals surface area contributed by atoms with Gasteiger partial charge in [-0.1, -0.05) is 23.7 Å². The van der Waals surface area contributed by atoms with Gasteiger partial charge >= 0.3 is 0 Å². The predicted octanol–water partition coefficient (Wildman–Crippen LogP) is 4.78. The van der Waals surface area contributed by atoms with Crippen molar-refractivity contribution >= 4 is 38.5 Å². The minimum absolute atomic E-state index is 0.0193. The van der Waals surface area contributed by atoms with Crippen molar-refractivity contribution in [3.63, 3.8) is 0 Å². The number of halogens is 3. The van der Waals surface area contributed by atoms with Crippen LogP contribution >= 0.6 is 27.5 Å². The molecule has 23 heavy (non-hydrogen) atoms. The monoisotopic (exact) mass is 418 g/mol. The molecule has 0 saturated carbocycles. The fourth-order valence-corrected chi connectivity index (χ4v) is 3.23. The van der Waals surface area contributed by atoms with Gasteiger partial charge in [0.25, 0.3) is 0 Å². The molecule has 2 aromatic rings. The summed E-state index contributed by atoms with van der Waals surface area (Å²) in [4.78, 5) is 4.42. The van der Waals surface area contributed by atoms with Crippen LogP contribution in [-0.4, -0.2) is 13.9 Å². The fraction of sp³-hybridized carbons (Fsp3) is 0.312. The maximum atomic E-state index is 13.4. The van der Waals surface area contributed by atoms with E-state index in [1.165, 1.54) is 12.1 Å². The molecule has 0 aliphatic carbocycles. The molecule has 0 spiro atoms. The zero-order valence-corrected chi connectivity index (χ0v) is 16.1. The number of rotatable bonds is 4. The molecular formula is C16H17BrClFN2OS. The molecule has 2 unspecified atom stereocenters. The first-order chi connectivity index (χ1) is 10.7. The maximum absolute atomic E-state index is 13.4. The number of benzene rings is 1. The van der Waals surface area contributed by atoms with Gasteiger partial charge < -0.3 is 0 Å². The van der Waals surface area contributed by atoms with Crippen LogP contribution in [0.25, 0.3) is 0 Å². The van der Waals surface area contributed by atoms with Crippen LogP contribution in [0.2, 0.25) is 5.02 Å². The molecule has 1 N–H and O–H groups in total. The van der Waals surface area contributed by atoms with Crippen LogP contribution in [0.5, 0.6) is 0 Å². The molecule has 1 heterocycles. The summed E-state index contributed by atoms with van der Waals surface area (Å²) >= 11 is 9.23. The Labute approximate surface area is 151 Å². The zero-order valence-electron chi connectivity index (χ0n) is 12.9. The van der Waals surface area contributed by atoms with Crippen molar-refractivity contribution in [2.45, 2.75) is 31.6 Å². The predicted molar refractivity (Wildman–Crippen MR) is 96.2 cm³/mol. The van der Waals surface area contributed by atoms with Gasteiger partial charge in [0.2, 0.25) is 0 Å². The molecular weight excluding hydrogens is 403 g/mol. The second kappa shape index (κ2) is 7.38. The van der Waals surface area contributed by atoms with E-state index in [1.54, 1.807) is 12.1 Å². The average molecular weight is 420 g/mol. The Morgan fingerprint density at radius 2 is 2.00 bits per heavy atom. The van der Waals surface area contributed by atoms with E-state index in [0.29, 0.717) is 15.9 Å². The molecule has 2 rings (SSSR count). The third-order valence-electron chi connectivity index (χ3n) is 3.09. The van der Waals surface area contributed by atoms with E-state index in [0.717, 1.165) is 0 Å². The van der Waals surface area contributed by atoms with Gasteiger partial charge in [-0.3, -0.25) is 0 Å². The van der Waals surface area contributed by atoms with Gasteiger partial charge in [-0.25, -0.2) is 18.3 Å². The zero-order chi connectivity index (χ0) is 17.2. The van der Waals surface area contributed by atoms with Crippen molar-refractivity contribution in [1.29, 1.82) is 0 Å². The Bertz CT molecular complexity index is 736. The Morgan fingerprint density at radius 1 is 1.30 bits per heavy atom. The summed E-state index contributed by atoms with van der Waals surface area (Å²) in [6.45, 7) is 5.62. The summed E-state index contributed by atoms with van der Waals surface area (Å²) in [5.41, 5.74) is 1.36. The maximum Gasteiger partial charge on any atom is 0.141 e. The SMILES string of the molecule is CC(C)(C)S(=O)NC(c1ccc(F)c(Cl)c1)c1cccc(Br)n1. The molecule has 1 aromatic carbocycles. The molecule has 1 aromatic heterocycles. The standard InChI is InChI=1S/C16H17BrClFN2OS/c1-16(2,3)23(22)21-15(13-5-4-6-14(17)20-13)10-7-8-12(19)11(18)9-10/h4-9,15,21H,1-3H3. The average Bonchev–Trinajstić information content (AvgIpc) is 2.46. The van der Waals surface area contributed by atoms with Crippen molar-refractivity contribution < 1.29 is 8.60 Å². The number of aromatic nitrogens is 1. The lowest BCUT2D eigenvalue weighted by atomic mass is 10.0. The Balaban J connectivity index is 2.46. The van der Waals surface area contributed by atoms with Gasteiger partial charge in [-0.15, -0.1) is 0 Å². The summed E-state index contributed by atoms with van der Waals surface area (Å²) in [7, 11) is -1.33. The molecule has 0 amide bonds. The fourth-order valence-electron chi connectivity index (χ4n) is 1.86. The summed E-state index contributed by atoms with van der Waals surface area (Å²) < 4.78 is 29.2. The van der Waals surface area contributed by atoms with E-state index in [-0.39, 0.29) is 5.02 Å². The highest BCUT2D eigenvalue weighted by Crippen LogP contribution is 2.27. The molecule has 0 fully saturated rings. The van der Waals surface area contributed by atoms with E-state index >= 15 is 0 Å². The second-order valence-corrected chi connectivity index (χ2v) is 9.21. The molecule has 0 aliphatic rings. The third kappa shape index (κ3) is 4.83. The Morgan fingerprint density at radius 3 is 2.57 bits per heavy atom. The Hall–Kier alpha value is -0.820. The summed E-state index contributed by atoms with van der Waals surface area (Å²) in [5.74, 6) is -0.492. The highest BCUT2D eigenvalue weighted by atomic mass is 79.9. The highest BCUT2D eigenvalue weighted by Gasteiger charge is 2.26. The van der Waals surface area contributed by atoms with Crippen LogP contribution in [-0.2, 0) is 11.0 Å². The molecule has 0 aliphatic heterocycles. The van der Waals surface area contributed by atoms with E-state index in [2.05, 4.69) is 25.6 Å². The van der Waals surface area contributed by atoms with Crippen LogP contribution < -0.4 is 4.72 Å². The quantitative estimate of drug-likeness (QED) is 0.725. The Kier molecular flexibility index (Phi) is 5.94. The van der Waals surface area contributed by atoms with Crippen LogP contribution in [0.3, 0.4) is 0 Å².